The van der Waals surface area contributed by atoms with E-state index in [1.165, 1.54) is 0 Å². The third kappa shape index (κ3) is 3.85. The van der Waals surface area contributed by atoms with E-state index in [1.54, 1.807) is 16.9 Å². The largest absolute Gasteiger partial charge is 0.491 e. The van der Waals surface area contributed by atoms with E-state index in [1.807, 2.05) is 38.1 Å². The lowest BCUT2D eigenvalue weighted by atomic mass is 10.2. The molecule has 0 aliphatic carbocycles. The van der Waals surface area contributed by atoms with Crippen LogP contribution in [-0.4, -0.2) is 34.0 Å². The van der Waals surface area contributed by atoms with Gasteiger partial charge in [-0.2, -0.15) is 5.10 Å². The number of rotatable bonds is 7. The zero-order valence-electron chi connectivity index (χ0n) is 12.8. The summed E-state index contributed by atoms with van der Waals surface area (Å²) in [4.78, 5) is 12.3. The molecule has 0 aliphatic heterocycles. The molecule has 0 bridgehead atoms. The first-order chi connectivity index (χ1) is 10.6. The number of benzene rings is 1. The molecule has 6 heteroatoms. The summed E-state index contributed by atoms with van der Waals surface area (Å²) in [5.41, 5.74) is 1.39. The van der Waals surface area contributed by atoms with Gasteiger partial charge < -0.3 is 15.2 Å². The van der Waals surface area contributed by atoms with Crippen molar-refractivity contribution in [3.63, 3.8) is 0 Å². The normalized spacial score (nSPS) is 10.7. The Labute approximate surface area is 129 Å². The Morgan fingerprint density at radius 2 is 2.14 bits per heavy atom. The van der Waals surface area contributed by atoms with Gasteiger partial charge in [-0.1, -0.05) is 18.2 Å². The van der Waals surface area contributed by atoms with E-state index in [4.69, 9.17) is 9.84 Å². The van der Waals surface area contributed by atoms with Crippen LogP contribution in [0.1, 0.15) is 35.9 Å². The second kappa shape index (κ2) is 7.61. The highest BCUT2D eigenvalue weighted by molar-refractivity contribution is 5.92. The van der Waals surface area contributed by atoms with Gasteiger partial charge in [-0.3, -0.25) is 9.48 Å². The van der Waals surface area contributed by atoms with E-state index in [2.05, 4.69) is 10.4 Å². The first-order valence-electron chi connectivity index (χ1n) is 7.26. The molecule has 0 saturated heterocycles. The fourth-order valence-electron chi connectivity index (χ4n) is 2.12. The molecule has 1 aromatic heterocycles. The topological polar surface area (TPSA) is 76.4 Å². The molecule has 0 radical (unpaired) electrons. The second-order valence-electron chi connectivity index (χ2n) is 5.12. The van der Waals surface area contributed by atoms with E-state index < -0.39 is 0 Å². The van der Waals surface area contributed by atoms with Crippen LogP contribution in [-0.2, 0) is 6.54 Å². The average Bonchev–Trinajstić information content (AvgIpc) is 3.01. The van der Waals surface area contributed by atoms with Crippen molar-refractivity contribution < 1.29 is 14.6 Å². The minimum atomic E-state index is -0.178. The Kier molecular flexibility index (Phi) is 5.55. The standard InChI is InChI=1S/C16H21N3O3/c1-12(2)19-14(7-8-18-19)16(21)17-11-13-5-3-4-6-15(13)22-10-9-20/h3-8,12,20H,9-11H2,1-2H3,(H,17,21). The lowest BCUT2D eigenvalue weighted by Gasteiger charge is -2.13. The maximum atomic E-state index is 12.3. The number of aliphatic hydroxyl groups excluding tert-OH is 1. The molecular formula is C16H21N3O3. The summed E-state index contributed by atoms with van der Waals surface area (Å²) in [5, 5.41) is 15.9. The fourth-order valence-corrected chi connectivity index (χ4v) is 2.12. The third-order valence-corrected chi connectivity index (χ3v) is 3.15. The van der Waals surface area contributed by atoms with Crippen molar-refractivity contribution in [2.75, 3.05) is 13.2 Å². The SMILES string of the molecule is CC(C)n1nccc1C(=O)NCc1ccccc1OCCO. The third-order valence-electron chi connectivity index (χ3n) is 3.15. The number of amides is 1. The van der Waals surface area contributed by atoms with Crippen molar-refractivity contribution in [3.05, 3.63) is 47.8 Å². The Bertz CT molecular complexity index is 623. The van der Waals surface area contributed by atoms with Crippen LogP contribution < -0.4 is 10.1 Å². The van der Waals surface area contributed by atoms with E-state index in [-0.39, 0.29) is 25.2 Å². The quantitative estimate of drug-likeness (QED) is 0.817. The van der Waals surface area contributed by atoms with E-state index in [0.29, 0.717) is 18.0 Å². The number of para-hydroxylation sites is 1. The summed E-state index contributed by atoms with van der Waals surface area (Å²) in [7, 11) is 0. The number of carbonyl (C=O) groups excluding carboxylic acids is 1. The van der Waals surface area contributed by atoms with Crippen LogP contribution in [0.5, 0.6) is 5.75 Å². The highest BCUT2D eigenvalue weighted by Crippen LogP contribution is 2.18. The summed E-state index contributed by atoms with van der Waals surface area (Å²) in [5.74, 6) is 0.484. The predicted molar refractivity (Wildman–Crippen MR) is 82.8 cm³/mol. The van der Waals surface area contributed by atoms with Gasteiger partial charge in [0.15, 0.2) is 0 Å². The Hall–Kier alpha value is -2.34. The fraction of sp³-hybridized carbons (Fsp3) is 0.375. The van der Waals surface area contributed by atoms with Gasteiger partial charge in [0.25, 0.3) is 5.91 Å². The number of nitrogens with one attached hydrogen (secondary N) is 1. The van der Waals surface area contributed by atoms with Gasteiger partial charge in [0.1, 0.15) is 18.1 Å². The molecule has 1 amide bonds. The van der Waals surface area contributed by atoms with Crippen molar-refractivity contribution in [1.29, 1.82) is 0 Å². The molecular weight excluding hydrogens is 282 g/mol. The second-order valence-corrected chi connectivity index (χ2v) is 5.12. The lowest BCUT2D eigenvalue weighted by molar-refractivity contribution is 0.0937. The maximum Gasteiger partial charge on any atom is 0.269 e. The summed E-state index contributed by atoms with van der Waals surface area (Å²) < 4.78 is 7.14. The molecule has 1 aromatic carbocycles. The molecule has 2 N–H and O–H groups in total. The molecule has 22 heavy (non-hydrogen) atoms. The molecule has 0 spiro atoms. The predicted octanol–water partition coefficient (Wildman–Crippen LogP) is 1.77. The van der Waals surface area contributed by atoms with Crippen molar-refractivity contribution in [1.82, 2.24) is 15.1 Å². The van der Waals surface area contributed by atoms with Crippen LogP contribution in [0.15, 0.2) is 36.5 Å². The molecule has 0 atom stereocenters. The van der Waals surface area contributed by atoms with Crippen LogP contribution in [0.2, 0.25) is 0 Å². The van der Waals surface area contributed by atoms with E-state index in [9.17, 15) is 4.79 Å². The number of nitrogens with zero attached hydrogens (tertiary/aromatic N) is 2. The van der Waals surface area contributed by atoms with Gasteiger partial charge in [0, 0.05) is 24.3 Å². The van der Waals surface area contributed by atoms with Gasteiger partial charge in [0.05, 0.1) is 6.61 Å². The summed E-state index contributed by atoms with van der Waals surface area (Å²) in [6.45, 7) is 4.48. The van der Waals surface area contributed by atoms with Gasteiger partial charge in [-0.25, -0.2) is 0 Å². The molecule has 0 aliphatic rings. The number of hydrogen-bond donors (Lipinski definition) is 2. The van der Waals surface area contributed by atoms with Crippen molar-refractivity contribution in [2.24, 2.45) is 0 Å². The number of ether oxygens (including phenoxy) is 1. The van der Waals surface area contributed by atoms with Gasteiger partial charge in [-0.15, -0.1) is 0 Å². The van der Waals surface area contributed by atoms with Crippen LogP contribution in [0, 0.1) is 0 Å². The van der Waals surface area contributed by atoms with Gasteiger partial charge in [0.2, 0.25) is 0 Å². The molecule has 2 rings (SSSR count). The number of aliphatic hydroxyl groups is 1. The molecule has 118 valence electrons. The number of carbonyl (C=O) groups is 1. The van der Waals surface area contributed by atoms with Crippen LogP contribution in [0.25, 0.3) is 0 Å². The molecule has 0 fully saturated rings. The van der Waals surface area contributed by atoms with Crippen LogP contribution in [0.3, 0.4) is 0 Å². The Balaban J connectivity index is 2.03. The first kappa shape index (κ1) is 16.0. The Morgan fingerprint density at radius 3 is 2.86 bits per heavy atom. The zero-order valence-corrected chi connectivity index (χ0v) is 12.8. The first-order valence-corrected chi connectivity index (χ1v) is 7.26. The number of hydrogen-bond acceptors (Lipinski definition) is 4. The minimum Gasteiger partial charge on any atom is -0.491 e. The zero-order chi connectivity index (χ0) is 15.9. The van der Waals surface area contributed by atoms with E-state index in [0.717, 1.165) is 5.56 Å². The maximum absolute atomic E-state index is 12.3. The molecule has 2 aromatic rings. The van der Waals surface area contributed by atoms with E-state index >= 15 is 0 Å². The lowest BCUT2D eigenvalue weighted by Crippen LogP contribution is -2.26. The van der Waals surface area contributed by atoms with Crippen LogP contribution >= 0.6 is 0 Å². The minimum absolute atomic E-state index is 0.0474. The van der Waals surface area contributed by atoms with Crippen molar-refractivity contribution in [3.8, 4) is 5.75 Å². The van der Waals surface area contributed by atoms with Crippen molar-refractivity contribution in [2.45, 2.75) is 26.4 Å². The van der Waals surface area contributed by atoms with Crippen molar-refractivity contribution >= 4 is 5.91 Å². The highest BCUT2D eigenvalue weighted by atomic mass is 16.5. The van der Waals surface area contributed by atoms with Gasteiger partial charge >= 0.3 is 0 Å². The van der Waals surface area contributed by atoms with Gasteiger partial charge in [-0.05, 0) is 26.0 Å². The highest BCUT2D eigenvalue weighted by Gasteiger charge is 2.14. The van der Waals surface area contributed by atoms with Crippen LogP contribution in [0.4, 0.5) is 0 Å². The summed E-state index contributed by atoms with van der Waals surface area (Å²) in [6.07, 6.45) is 1.62. The molecule has 1 heterocycles. The Morgan fingerprint density at radius 1 is 1.36 bits per heavy atom. The molecule has 6 nitrogen and oxygen atoms in total. The molecule has 0 saturated carbocycles. The summed E-state index contributed by atoms with van der Waals surface area (Å²) in [6, 6.07) is 9.25. The monoisotopic (exact) mass is 303 g/mol. The smallest absolute Gasteiger partial charge is 0.269 e. The number of aromatic nitrogens is 2. The average molecular weight is 303 g/mol. The molecule has 0 unspecified atom stereocenters. The summed E-state index contributed by atoms with van der Waals surface area (Å²) >= 11 is 0.